The maximum absolute atomic E-state index is 12.7. The zero-order valence-electron chi connectivity index (χ0n) is 15.7. The molecule has 1 unspecified atom stereocenters. The van der Waals surface area contributed by atoms with Crippen LogP contribution in [0.1, 0.15) is 36.0 Å². The van der Waals surface area contributed by atoms with E-state index in [0.717, 1.165) is 63.8 Å². The van der Waals surface area contributed by atoms with Crippen molar-refractivity contribution in [3.05, 3.63) is 53.7 Å². The van der Waals surface area contributed by atoms with Gasteiger partial charge in [0.1, 0.15) is 5.76 Å². The summed E-state index contributed by atoms with van der Waals surface area (Å²) in [7, 11) is 0. The molecule has 2 aliphatic heterocycles. The number of morpholine rings is 1. The lowest BCUT2D eigenvalue weighted by molar-refractivity contribution is -0.134. The minimum Gasteiger partial charge on any atom is -0.445 e. The highest BCUT2D eigenvalue weighted by molar-refractivity contribution is 5.78. The quantitative estimate of drug-likeness (QED) is 0.809. The van der Waals surface area contributed by atoms with Gasteiger partial charge in [0.25, 0.3) is 0 Å². The highest BCUT2D eigenvalue weighted by Crippen LogP contribution is 2.27. The summed E-state index contributed by atoms with van der Waals surface area (Å²) < 4.78 is 11.4. The second-order valence-electron chi connectivity index (χ2n) is 7.39. The molecule has 1 atom stereocenters. The average molecular weight is 369 g/mol. The Bertz CT molecular complexity index is 740. The molecule has 4 rings (SSSR count). The van der Waals surface area contributed by atoms with Gasteiger partial charge in [0.15, 0.2) is 5.89 Å². The fourth-order valence-corrected chi connectivity index (χ4v) is 3.85. The Morgan fingerprint density at radius 2 is 1.96 bits per heavy atom. The van der Waals surface area contributed by atoms with Gasteiger partial charge in [-0.05, 0) is 18.4 Å². The molecule has 2 fully saturated rings. The van der Waals surface area contributed by atoms with Gasteiger partial charge in [0.05, 0.1) is 31.9 Å². The predicted molar refractivity (Wildman–Crippen MR) is 102 cm³/mol. The normalized spacial score (nSPS) is 21.3. The number of oxazole rings is 1. The highest BCUT2D eigenvalue weighted by atomic mass is 16.5. The van der Waals surface area contributed by atoms with Crippen molar-refractivity contribution in [1.82, 2.24) is 14.8 Å². The Hall–Kier alpha value is -2.18. The molecule has 1 aromatic heterocycles. The third-order valence-corrected chi connectivity index (χ3v) is 5.38. The van der Waals surface area contributed by atoms with E-state index in [9.17, 15) is 4.79 Å². The van der Waals surface area contributed by atoms with Crippen molar-refractivity contribution in [2.75, 3.05) is 45.9 Å². The molecule has 0 aliphatic carbocycles. The van der Waals surface area contributed by atoms with Crippen molar-refractivity contribution in [2.24, 2.45) is 0 Å². The van der Waals surface area contributed by atoms with Crippen LogP contribution in [0.3, 0.4) is 0 Å². The van der Waals surface area contributed by atoms with Crippen molar-refractivity contribution in [1.29, 1.82) is 0 Å². The molecule has 27 heavy (non-hydrogen) atoms. The Balaban J connectivity index is 1.34. The molecular weight excluding hydrogens is 342 g/mol. The molecule has 0 radical (unpaired) electrons. The van der Waals surface area contributed by atoms with Crippen LogP contribution in [0.5, 0.6) is 0 Å². The van der Waals surface area contributed by atoms with Crippen LogP contribution in [0, 0.1) is 0 Å². The summed E-state index contributed by atoms with van der Waals surface area (Å²) in [6.07, 6.45) is 4.60. The number of piperidine rings is 1. The third-order valence-electron chi connectivity index (χ3n) is 5.38. The molecule has 0 spiro atoms. The zero-order chi connectivity index (χ0) is 18.5. The van der Waals surface area contributed by atoms with Gasteiger partial charge in [-0.25, -0.2) is 4.98 Å². The van der Waals surface area contributed by atoms with Gasteiger partial charge in [0, 0.05) is 32.6 Å². The van der Waals surface area contributed by atoms with Gasteiger partial charge in [-0.3, -0.25) is 9.69 Å². The van der Waals surface area contributed by atoms with Gasteiger partial charge < -0.3 is 14.1 Å². The number of aromatic nitrogens is 1. The van der Waals surface area contributed by atoms with Crippen molar-refractivity contribution in [3.8, 4) is 0 Å². The Labute approximate surface area is 160 Å². The standard InChI is InChI=1S/C21H27N3O3/c25-20(16-23-9-11-26-12-10-23)24-8-4-7-18(15-24)21-22-14-19(27-21)13-17-5-2-1-3-6-17/h1-3,5-6,14,18H,4,7-13,15-16H2. The number of hydrogen-bond donors (Lipinski definition) is 0. The van der Waals surface area contributed by atoms with Gasteiger partial charge in [-0.1, -0.05) is 30.3 Å². The summed E-state index contributed by atoms with van der Waals surface area (Å²) >= 11 is 0. The lowest BCUT2D eigenvalue weighted by Crippen LogP contribution is -2.47. The van der Waals surface area contributed by atoms with Crippen LogP contribution in [0.2, 0.25) is 0 Å². The van der Waals surface area contributed by atoms with Crippen LogP contribution in [-0.4, -0.2) is 66.6 Å². The van der Waals surface area contributed by atoms with E-state index in [-0.39, 0.29) is 11.8 Å². The monoisotopic (exact) mass is 369 g/mol. The number of likely N-dealkylation sites (tertiary alicyclic amines) is 1. The van der Waals surface area contributed by atoms with Crippen LogP contribution >= 0.6 is 0 Å². The lowest BCUT2D eigenvalue weighted by Gasteiger charge is -2.34. The Morgan fingerprint density at radius 1 is 1.15 bits per heavy atom. The smallest absolute Gasteiger partial charge is 0.236 e. The highest BCUT2D eigenvalue weighted by Gasteiger charge is 2.28. The van der Waals surface area contributed by atoms with Gasteiger partial charge in [0.2, 0.25) is 5.91 Å². The summed E-state index contributed by atoms with van der Waals surface area (Å²) in [6.45, 7) is 5.14. The summed E-state index contributed by atoms with van der Waals surface area (Å²) in [6, 6.07) is 10.3. The first-order valence-corrected chi connectivity index (χ1v) is 9.84. The van der Waals surface area contributed by atoms with E-state index in [1.165, 1.54) is 5.56 Å². The number of carbonyl (C=O) groups is 1. The van der Waals surface area contributed by atoms with Crippen molar-refractivity contribution < 1.29 is 13.9 Å². The first-order valence-electron chi connectivity index (χ1n) is 9.84. The number of amides is 1. The average Bonchev–Trinajstić information content (AvgIpc) is 3.18. The van der Waals surface area contributed by atoms with Crippen molar-refractivity contribution >= 4 is 5.91 Å². The van der Waals surface area contributed by atoms with Crippen LogP contribution in [0.4, 0.5) is 0 Å². The van der Waals surface area contributed by atoms with E-state index in [4.69, 9.17) is 9.15 Å². The molecule has 1 aromatic carbocycles. The number of ether oxygens (including phenoxy) is 1. The van der Waals surface area contributed by atoms with E-state index >= 15 is 0 Å². The molecule has 0 saturated carbocycles. The summed E-state index contributed by atoms with van der Waals surface area (Å²) in [5.41, 5.74) is 1.21. The van der Waals surface area contributed by atoms with Crippen molar-refractivity contribution in [2.45, 2.75) is 25.2 Å². The van der Waals surface area contributed by atoms with Gasteiger partial charge >= 0.3 is 0 Å². The molecule has 2 aliphatic rings. The van der Waals surface area contributed by atoms with E-state index in [1.807, 2.05) is 29.3 Å². The number of carbonyl (C=O) groups excluding carboxylic acids is 1. The molecular formula is C21H27N3O3. The van der Waals surface area contributed by atoms with E-state index in [2.05, 4.69) is 22.0 Å². The van der Waals surface area contributed by atoms with Crippen LogP contribution in [0.25, 0.3) is 0 Å². The van der Waals surface area contributed by atoms with Gasteiger partial charge in [-0.15, -0.1) is 0 Å². The maximum atomic E-state index is 12.7. The second kappa shape index (κ2) is 8.67. The fourth-order valence-electron chi connectivity index (χ4n) is 3.85. The summed E-state index contributed by atoms with van der Waals surface area (Å²) in [5, 5.41) is 0. The van der Waals surface area contributed by atoms with Crippen LogP contribution in [0.15, 0.2) is 40.9 Å². The minimum atomic E-state index is 0.192. The first kappa shape index (κ1) is 18.2. The predicted octanol–water partition coefficient (Wildman–Crippen LogP) is 2.30. The molecule has 2 aromatic rings. The van der Waals surface area contributed by atoms with Crippen LogP contribution < -0.4 is 0 Å². The number of benzene rings is 1. The van der Waals surface area contributed by atoms with E-state index in [0.29, 0.717) is 13.1 Å². The maximum Gasteiger partial charge on any atom is 0.236 e. The summed E-state index contributed by atoms with van der Waals surface area (Å²) in [5.74, 6) is 2.05. The number of rotatable bonds is 5. The Kier molecular flexibility index (Phi) is 5.84. The molecule has 0 bridgehead atoms. The lowest BCUT2D eigenvalue weighted by atomic mass is 9.98. The fraction of sp³-hybridized carbons (Fsp3) is 0.524. The molecule has 1 amide bonds. The molecule has 6 heteroatoms. The molecule has 3 heterocycles. The minimum absolute atomic E-state index is 0.192. The first-order chi connectivity index (χ1) is 13.3. The SMILES string of the molecule is O=C(CN1CCOCC1)N1CCCC(c2ncc(Cc3ccccc3)o2)C1. The second-order valence-corrected chi connectivity index (χ2v) is 7.39. The van der Waals surface area contributed by atoms with E-state index in [1.54, 1.807) is 0 Å². The summed E-state index contributed by atoms with van der Waals surface area (Å²) in [4.78, 5) is 21.4. The van der Waals surface area contributed by atoms with E-state index < -0.39 is 0 Å². The van der Waals surface area contributed by atoms with Crippen molar-refractivity contribution in [3.63, 3.8) is 0 Å². The molecule has 144 valence electrons. The zero-order valence-corrected chi connectivity index (χ0v) is 15.7. The Morgan fingerprint density at radius 3 is 2.78 bits per heavy atom. The van der Waals surface area contributed by atoms with Gasteiger partial charge in [-0.2, -0.15) is 0 Å². The largest absolute Gasteiger partial charge is 0.445 e. The van der Waals surface area contributed by atoms with Crippen LogP contribution in [-0.2, 0) is 16.0 Å². The number of nitrogens with zero attached hydrogens (tertiary/aromatic N) is 3. The third kappa shape index (κ3) is 4.76. The molecule has 0 N–H and O–H groups in total. The number of hydrogen-bond acceptors (Lipinski definition) is 5. The molecule has 2 saturated heterocycles. The molecule has 6 nitrogen and oxygen atoms in total. The topological polar surface area (TPSA) is 58.8 Å².